The first-order chi connectivity index (χ1) is 15.7. The Bertz CT molecular complexity index is 1340. The van der Waals surface area contributed by atoms with E-state index in [0.717, 1.165) is 22.6 Å². The molecule has 4 rings (SSSR count). The Kier molecular flexibility index (Phi) is 5.77. The van der Waals surface area contributed by atoms with Gasteiger partial charge >= 0.3 is 6.03 Å². The third kappa shape index (κ3) is 4.12. The van der Waals surface area contributed by atoms with Crippen molar-refractivity contribution in [2.24, 2.45) is 0 Å². The van der Waals surface area contributed by atoms with Crippen LogP contribution >= 0.6 is 0 Å². The second-order valence-electron chi connectivity index (χ2n) is 7.33. The number of rotatable bonds is 5. The average Bonchev–Trinajstić information content (AvgIpc) is 2.78. The minimum Gasteiger partial charge on any atom is -0.495 e. The number of para-hydroxylation sites is 1. The van der Waals surface area contributed by atoms with Gasteiger partial charge in [-0.1, -0.05) is 18.2 Å². The second-order valence-corrected chi connectivity index (χ2v) is 9.09. The third-order valence-electron chi connectivity index (χ3n) is 5.07. The van der Waals surface area contributed by atoms with Gasteiger partial charge in [-0.15, -0.1) is 0 Å². The Balaban J connectivity index is 1.71. The van der Waals surface area contributed by atoms with E-state index in [4.69, 9.17) is 4.74 Å². The molecule has 0 saturated carbocycles. The zero-order valence-electron chi connectivity index (χ0n) is 17.8. The molecule has 10 heteroatoms. The quantitative estimate of drug-likeness (QED) is 0.611. The van der Waals surface area contributed by atoms with Gasteiger partial charge in [0.1, 0.15) is 23.0 Å². The lowest BCUT2D eigenvalue weighted by Crippen LogP contribution is -2.53. The molecule has 1 N–H and O–H groups in total. The summed E-state index contributed by atoms with van der Waals surface area (Å²) in [5.74, 6) is -0.695. The van der Waals surface area contributed by atoms with E-state index < -0.39 is 34.3 Å². The van der Waals surface area contributed by atoms with Crippen LogP contribution in [0.2, 0.25) is 0 Å². The van der Waals surface area contributed by atoms with Crippen LogP contribution in [0.5, 0.6) is 5.75 Å². The number of amides is 3. The normalized spacial score (nSPS) is 14.6. The van der Waals surface area contributed by atoms with Crippen LogP contribution in [0.4, 0.5) is 26.2 Å². The first-order valence-electron chi connectivity index (χ1n) is 9.88. The highest BCUT2D eigenvalue weighted by Gasteiger charge is 2.43. The van der Waals surface area contributed by atoms with Gasteiger partial charge in [0.25, 0.3) is 10.0 Å². The molecule has 8 nitrogen and oxygen atoms in total. The molecule has 3 aromatic rings. The van der Waals surface area contributed by atoms with E-state index in [1.54, 1.807) is 18.2 Å². The average molecular weight is 469 g/mol. The van der Waals surface area contributed by atoms with E-state index in [2.05, 4.69) is 5.32 Å². The fourth-order valence-corrected chi connectivity index (χ4v) is 5.14. The van der Waals surface area contributed by atoms with Gasteiger partial charge in [-0.3, -0.25) is 9.69 Å². The van der Waals surface area contributed by atoms with Crippen molar-refractivity contribution < 1.29 is 27.1 Å². The van der Waals surface area contributed by atoms with Gasteiger partial charge in [-0.2, -0.15) is 4.31 Å². The van der Waals surface area contributed by atoms with Crippen LogP contribution < -0.4 is 19.3 Å². The van der Waals surface area contributed by atoms with Gasteiger partial charge in [0.05, 0.1) is 24.2 Å². The van der Waals surface area contributed by atoms with Crippen molar-refractivity contribution in [3.63, 3.8) is 0 Å². The van der Waals surface area contributed by atoms with Gasteiger partial charge in [-0.05, 0) is 61.0 Å². The number of carbonyl (C=O) groups is 2. The summed E-state index contributed by atoms with van der Waals surface area (Å²) in [6, 6.07) is 14.7. The number of halogens is 1. The zero-order chi connectivity index (χ0) is 23.8. The summed E-state index contributed by atoms with van der Waals surface area (Å²) in [6.45, 7) is 1.39. The summed E-state index contributed by atoms with van der Waals surface area (Å²) in [5, 5.41) is 2.71. The zero-order valence-corrected chi connectivity index (χ0v) is 18.6. The van der Waals surface area contributed by atoms with E-state index in [9.17, 15) is 22.4 Å². The van der Waals surface area contributed by atoms with Gasteiger partial charge in [0.15, 0.2) is 0 Å². The maximum atomic E-state index is 13.4. The fourth-order valence-electron chi connectivity index (χ4n) is 3.54. The lowest BCUT2D eigenvalue weighted by Gasteiger charge is -2.35. The smallest absolute Gasteiger partial charge is 0.343 e. The predicted molar refractivity (Wildman–Crippen MR) is 122 cm³/mol. The third-order valence-corrected chi connectivity index (χ3v) is 6.82. The minimum atomic E-state index is -4.27. The van der Waals surface area contributed by atoms with Crippen molar-refractivity contribution in [1.82, 2.24) is 0 Å². The van der Waals surface area contributed by atoms with E-state index in [0.29, 0.717) is 15.7 Å². The van der Waals surface area contributed by atoms with Crippen LogP contribution in [0.3, 0.4) is 0 Å². The molecule has 0 radical (unpaired) electrons. The Morgan fingerprint density at radius 3 is 2.45 bits per heavy atom. The number of carbonyl (C=O) groups excluding carboxylic acids is 2. The number of hydrogen-bond donors (Lipinski definition) is 1. The van der Waals surface area contributed by atoms with E-state index in [1.165, 1.54) is 37.4 Å². The number of ether oxygens (including phenoxy) is 1. The highest BCUT2D eigenvalue weighted by molar-refractivity contribution is 7.94. The Labute approximate surface area is 190 Å². The molecule has 3 aromatic carbocycles. The predicted octanol–water partition coefficient (Wildman–Crippen LogP) is 3.92. The van der Waals surface area contributed by atoms with Gasteiger partial charge in [0.2, 0.25) is 5.91 Å². The molecule has 33 heavy (non-hydrogen) atoms. The largest absolute Gasteiger partial charge is 0.495 e. The molecule has 3 amide bonds. The molecule has 0 atom stereocenters. The molecule has 1 aliphatic rings. The number of urea groups is 1. The van der Waals surface area contributed by atoms with Crippen LogP contribution in [-0.4, -0.2) is 34.0 Å². The lowest BCUT2D eigenvalue weighted by atomic mass is 10.2. The highest BCUT2D eigenvalue weighted by atomic mass is 32.2. The summed E-state index contributed by atoms with van der Waals surface area (Å²) < 4.78 is 45.7. The summed E-state index contributed by atoms with van der Waals surface area (Å²) in [4.78, 5) is 27.1. The number of methoxy groups -OCH3 is 1. The summed E-state index contributed by atoms with van der Waals surface area (Å²) in [5.41, 5.74) is 1.34. The molecule has 0 bridgehead atoms. The van der Waals surface area contributed by atoms with Crippen LogP contribution in [0.1, 0.15) is 5.56 Å². The monoisotopic (exact) mass is 469 g/mol. The Hall–Kier alpha value is -3.92. The topological polar surface area (TPSA) is 96.0 Å². The highest BCUT2D eigenvalue weighted by Crippen LogP contribution is 2.37. The number of fused-ring (bicyclic) bond motifs is 1. The molecule has 170 valence electrons. The molecule has 0 unspecified atom stereocenters. The van der Waals surface area contributed by atoms with E-state index >= 15 is 0 Å². The van der Waals surface area contributed by atoms with E-state index in [1.807, 2.05) is 13.0 Å². The summed E-state index contributed by atoms with van der Waals surface area (Å²) in [6.07, 6.45) is 0. The molecule has 0 saturated heterocycles. The Morgan fingerprint density at radius 2 is 1.76 bits per heavy atom. The number of sulfonamides is 1. The second kappa shape index (κ2) is 8.55. The minimum absolute atomic E-state index is 0.0401. The first-order valence-corrected chi connectivity index (χ1v) is 11.3. The SMILES string of the molecule is COc1ccc(C)cc1NC(=O)CN1C(=O)N(c2ccc(F)cc2)S(=O)(=O)c2ccccc21. The fraction of sp³-hybridized carbons (Fsp3) is 0.130. The molecule has 0 fully saturated rings. The van der Waals surface area contributed by atoms with Crippen LogP contribution in [0, 0.1) is 12.7 Å². The number of hydrogen-bond acceptors (Lipinski definition) is 5. The van der Waals surface area contributed by atoms with Gasteiger partial charge < -0.3 is 10.1 Å². The van der Waals surface area contributed by atoms with Crippen LogP contribution in [0.15, 0.2) is 71.6 Å². The van der Waals surface area contributed by atoms with E-state index in [-0.39, 0.29) is 16.3 Å². The van der Waals surface area contributed by atoms with Crippen LogP contribution in [-0.2, 0) is 14.8 Å². The maximum Gasteiger partial charge on any atom is 0.343 e. The molecule has 1 aliphatic heterocycles. The number of benzene rings is 3. The maximum absolute atomic E-state index is 13.4. The van der Waals surface area contributed by atoms with Crippen molar-refractivity contribution in [2.75, 3.05) is 28.2 Å². The molecular formula is C23H20FN3O5S. The van der Waals surface area contributed by atoms with Crippen molar-refractivity contribution in [1.29, 1.82) is 0 Å². The number of aryl methyl sites for hydroxylation is 1. The molecule has 0 spiro atoms. The van der Waals surface area contributed by atoms with Crippen molar-refractivity contribution in [2.45, 2.75) is 11.8 Å². The Morgan fingerprint density at radius 1 is 1.06 bits per heavy atom. The van der Waals surface area contributed by atoms with Crippen molar-refractivity contribution >= 4 is 39.0 Å². The molecule has 0 aromatic heterocycles. The van der Waals surface area contributed by atoms with Crippen molar-refractivity contribution in [3.8, 4) is 5.75 Å². The number of anilines is 3. The first kappa shape index (κ1) is 22.3. The standard InChI is InChI=1S/C23H20FN3O5S/c1-15-7-12-20(32-2)18(13-15)25-22(28)14-26-19-5-3-4-6-21(19)33(30,31)27(23(26)29)17-10-8-16(24)9-11-17/h3-13H,14H2,1-2H3,(H,25,28). The molecule has 0 aliphatic carbocycles. The summed E-state index contributed by atoms with van der Waals surface area (Å²) >= 11 is 0. The number of nitrogens with one attached hydrogen (secondary N) is 1. The summed E-state index contributed by atoms with van der Waals surface area (Å²) in [7, 11) is -2.81. The molecule has 1 heterocycles. The molecular weight excluding hydrogens is 449 g/mol. The lowest BCUT2D eigenvalue weighted by molar-refractivity contribution is -0.114. The van der Waals surface area contributed by atoms with Gasteiger partial charge in [-0.25, -0.2) is 17.6 Å². The van der Waals surface area contributed by atoms with Gasteiger partial charge in [0, 0.05) is 0 Å². The number of nitrogens with zero attached hydrogens (tertiary/aromatic N) is 2. The van der Waals surface area contributed by atoms with Crippen molar-refractivity contribution in [3.05, 3.63) is 78.1 Å². The van der Waals surface area contributed by atoms with Crippen LogP contribution in [0.25, 0.3) is 0 Å².